The van der Waals surface area contributed by atoms with E-state index in [4.69, 9.17) is 5.11 Å². The third kappa shape index (κ3) is 6.57. The Morgan fingerprint density at radius 3 is 1.30 bits per heavy atom. The van der Waals surface area contributed by atoms with E-state index >= 15 is 0 Å². The van der Waals surface area contributed by atoms with Crippen molar-refractivity contribution in [3.05, 3.63) is 12.2 Å². The summed E-state index contributed by atoms with van der Waals surface area (Å²) in [6.45, 7) is 2.16. The summed E-state index contributed by atoms with van der Waals surface area (Å²) in [5, 5.41) is 10.1. The predicted octanol–water partition coefficient (Wildman–Crippen LogP) is 5.96. The third-order valence-corrected chi connectivity index (χ3v) is 6.61. The first-order chi connectivity index (χ1) is 18.5. The Morgan fingerprint density at radius 2 is 0.977 bits per heavy atom. The van der Waals surface area contributed by atoms with Crippen LogP contribution in [0.25, 0.3) is 0 Å². The molecular weight excluding hydrogens is 694 g/mol. The zero-order chi connectivity index (χ0) is 35.3. The van der Waals surface area contributed by atoms with Crippen molar-refractivity contribution in [3.8, 4) is 0 Å². The molecule has 0 aliphatic heterocycles. The Bertz CT molecular complexity index is 1150. The minimum atomic E-state index is -9.19. The van der Waals surface area contributed by atoms with E-state index in [0.717, 1.165) is 0 Å². The first kappa shape index (κ1) is 40.7. The molecule has 1 unspecified atom stereocenters. The van der Waals surface area contributed by atoms with E-state index in [1.54, 1.807) is 5.32 Å². The third-order valence-electron chi connectivity index (χ3n) is 5.16. The monoisotopic (exact) mass is 707 g/mol. The van der Waals surface area contributed by atoms with Gasteiger partial charge in [0.2, 0.25) is 0 Å². The van der Waals surface area contributed by atoms with Crippen LogP contribution in [0.5, 0.6) is 0 Å². The molecule has 1 atom stereocenters. The van der Waals surface area contributed by atoms with Crippen molar-refractivity contribution in [2.24, 2.45) is 0 Å². The zero-order valence-electron chi connectivity index (χ0n) is 19.8. The molecule has 0 spiro atoms. The summed E-state index contributed by atoms with van der Waals surface area (Å²) in [5.74, 6) is -76.4. The normalized spacial score (nSPS) is 16.3. The van der Waals surface area contributed by atoms with Gasteiger partial charge in [0.15, 0.2) is 16.0 Å². The SMILES string of the molecule is C=C(CCNCS(=O)(=O)CC(F)C(F)(F)C(F)(F)C(F)(F)C(F)(F)C(F)(F)C(F)(F)C(F)(F)C(F)(F)C(F)(F)F)C(=O)O. The van der Waals surface area contributed by atoms with Crippen molar-refractivity contribution in [1.29, 1.82) is 0 Å². The molecule has 0 saturated carbocycles. The standard InChI is InChI=1S/C17H13F20NO4S/c1-6(8(39)40)2-3-38-5-43(41,42)4-7(18)9(19,20)10(21,22)11(23,24)12(25,26)13(27,28)14(29,30)15(31,32)16(33,34)17(35,36)37/h7,38H,1-5H2,(H,39,40). The Kier molecular flexibility index (Phi) is 11.0. The van der Waals surface area contributed by atoms with E-state index in [9.17, 15) is 101 Å². The number of carboxylic acid groups (broad SMARTS) is 1. The van der Waals surface area contributed by atoms with Crippen LogP contribution in [0, 0.1) is 0 Å². The quantitative estimate of drug-likeness (QED) is 0.118. The number of hydrogen-bond donors (Lipinski definition) is 2. The van der Waals surface area contributed by atoms with Gasteiger partial charge < -0.3 is 10.4 Å². The van der Waals surface area contributed by atoms with Gasteiger partial charge in [-0.2, -0.15) is 83.4 Å². The largest absolute Gasteiger partial charge is 0.478 e. The highest BCUT2D eigenvalue weighted by Gasteiger charge is 2.97. The molecular formula is C17H13F20NO4S. The van der Waals surface area contributed by atoms with Crippen LogP contribution < -0.4 is 5.32 Å². The Hall–Kier alpha value is -2.28. The summed E-state index contributed by atoms with van der Waals surface area (Å²) in [6.07, 6.45) is -14.0. The van der Waals surface area contributed by atoms with E-state index in [-0.39, 0.29) is 0 Å². The molecule has 256 valence electrons. The number of nitrogens with one attached hydrogen (secondary N) is 1. The van der Waals surface area contributed by atoms with Gasteiger partial charge in [0, 0.05) is 12.1 Å². The molecule has 5 nitrogen and oxygen atoms in total. The van der Waals surface area contributed by atoms with Gasteiger partial charge in [-0.1, -0.05) is 6.58 Å². The van der Waals surface area contributed by atoms with Crippen LogP contribution >= 0.6 is 0 Å². The minimum absolute atomic E-state index is 0.633. The summed E-state index contributed by atoms with van der Waals surface area (Å²) in [5.41, 5.74) is -0.634. The highest BCUT2D eigenvalue weighted by atomic mass is 32.2. The molecule has 43 heavy (non-hydrogen) atoms. The van der Waals surface area contributed by atoms with Crippen LogP contribution in [0.4, 0.5) is 87.8 Å². The lowest BCUT2D eigenvalue weighted by Crippen LogP contribution is -2.76. The summed E-state index contributed by atoms with van der Waals surface area (Å²) in [4.78, 5) is 10.5. The van der Waals surface area contributed by atoms with E-state index in [1.165, 1.54) is 0 Å². The van der Waals surface area contributed by atoms with Crippen molar-refractivity contribution in [1.82, 2.24) is 5.32 Å². The molecule has 0 aromatic carbocycles. The highest BCUT2D eigenvalue weighted by molar-refractivity contribution is 7.91. The second-order valence-electron chi connectivity index (χ2n) is 8.32. The van der Waals surface area contributed by atoms with Crippen LogP contribution in [-0.4, -0.2) is 97.4 Å². The molecule has 0 aromatic heterocycles. The molecule has 26 heteroatoms. The van der Waals surface area contributed by atoms with Crippen molar-refractivity contribution < 1.29 is 106 Å². The first-order valence-corrected chi connectivity index (χ1v) is 11.8. The van der Waals surface area contributed by atoms with Gasteiger partial charge in [0.25, 0.3) is 0 Å². The van der Waals surface area contributed by atoms with Gasteiger partial charge in [0.05, 0.1) is 11.6 Å². The maximum Gasteiger partial charge on any atom is 0.460 e. The molecule has 0 aromatic rings. The number of rotatable bonds is 16. The first-order valence-electron chi connectivity index (χ1n) is 10.0. The Labute approximate surface area is 224 Å². The number of hydrogen-bond acceptors (Lipinski definition) is 4. The van der Waals surface area contributed by atoms with Gasteiger partial charge in [-0.25, -0.2) is 17.6 Å². The molecule has 0 amide bonds. The van der Waals surface area contributed by atoms with Gasteiger partial charge in [-0.15, -0.1) is 0 Å². The maximum atomic E-state index is 13.9. The van der Waals surface area contributed by atoms with Gasteiger partial charge in [-0.3, -0.25) is 0 Å². The molecule has 0 bridgehead atoms. The fraction of sp³-hybridized carbons (Fsp3) is 0.824. The van der Waals surface area contributed by atoms with Gasteiger partial charge in [0.1, 0.15) is 0 Å². The van der Waals surface area contributed by atoms with E-state index in [2.05, 4.69) is 6.58 Å². The molecule has 0 radical (unpaired) electrons. The molecule has 0 heterocycles. The second-order valence-corrected chi connectivity index (χ2v) is 10.4. The molecule has 2 N–H and O–H groups in total. The molecule has 0 aliphatic rings. The lowest BCUT2D eigenvalue weighted by molar-refractivity contribution is -0.469. The van der Waals surface area contributed by atoms with E-state index in [1.807, 2.05) is 0 Å². The average molecular weight is 707 g/mol. The molecule has 0 fully saturated rings. The van der Waals surface area contributed by atoms with Gasteiger partial charge in [-0.05, 0) is 6.42 Å². The zero-order valence-corrected chi connectivity index (χ0v) is 20.6. The Balaban J connectivity index is 6.47. The van der Waals surface area contributed by atoms with E-state index < -0.39 is 106 Å². The van der Waals surface area contributed by atoms with Crippen LogP contribution in [0.1, 0.15) is 6.42 Å². The molecule has 0 rings (SSSR count). The lowest BCUT2D eigenvalue weighted by atomic mass is 9.87. The topological polar surface area (TPSA) is 83.5 Å². The lowest BCUT2D eigenvalue weighted by Gasteiger charge is -2.44. The summed E-state index contributed by atoms with van der Waals surface area (Å²) in [7, 11) is -5.59. The van der Waals surface area contributed by atoms with Crippen molar-refractivity contribution in [2.75, 3.05) is 18.2 Å². The highest BCUT2D eigenvalue weighted by Crippen LogP contribution is 2.65. The van der Waals surface area contributed by atoms with Crippen molar-refractivity contribution in [3.63, 3.8) is 0 Å². The second kappa shape index (κ2) is 11.6. The number of sulfone groups is 1. The number of halogens is 20. The number of carbonyl (C=O) groups is 1. The van der Waals surface area contributed by atoms with Crippen molar-refractivity contribution in [2.45, 2.75) is 66.1 Å². The van der Waals surface area contributed by atoms with Gasteiger partial charge >= 0.3 is 59.5 Å². The predicted molar refractivity (Wildman–Crippen MR) is 98.6 cm³/mol. The Morgan fingerprint density at radius 1 is 0.651 bits per heavy atom. The van der Waals surface area contributed by atoms with Crippen LogP contribution in [0.15, 0.2) is 12.2 Å². The fourth-order valence-corrected chi connectivity index (χ4v) is 3.76. The number of aliphatic carboxylic acids is 1. The maximum absolute atomic E-state index is 13.9. The fourth-order valence-electron chi connectivity index (χ4n) is 2.53. The minimum Gasteiger partial charge on any atom is -0.478 e. The van der Waals surface area contributed by atoms with Crippen LogP contribution in [-0.2, 0) is 14.6 Å². The van der Waals surface area contributed by atoms with E-state index in [0.29, 0.717) is 0 Å². The smallest absolute Gasteiger partial charge is 0.460 e. The van der Waals surface area contributed by atoms with Crippen LogP contribution in [0.3, 0.4) is 0 Å². The summed E-state index contributed by atoms with van der Waals surface area (Å²) >= 11 is 0. The number of alkyl halides is 20. The summed E-state index contributed by atoms with van der Waals surface area (Å²) in [6, 6.07) is 0. The van der Waals surface area contributed by atoms with Crippen molar-refractivity contribution >= 4 is 15.8 Å². The number of carboxylic acids is 1. The summed E-state index contributed by atoms with van der Waals surface area (Å²) < 4.78 is 289. The van der Waals surface area contributed by atoms with Crippen LogP contribution in [0.2, 0.25) is 0 Å². The molecule has 0 aliphatic carbocycles. The molecule has 0 saturated heterocycles. The average Bonchev–Trinajstić information content (AvgIpc) is 2.79.